The standard InChI is InChI=1S/C16H20F3NO2/c1-11(10-22-2)15(21)20-7-6-13(9-20)12-4-3-5-14(8-12)16(17,18)19/h3-5,8,11,13H,6-7,9-10H2,1-2H3/t11-,13-/m0/s1. The lowest BCUT2D eigenvalue weighted by Gasteiger charge is -2.21. The zero-order chi connectivity index (χ0) is 16.3. The van der Waals surface area contributed by atoms with Crippen LogP contribution in [0.1, 0.15) is 30.4 Å². The van der Waals surface area contributed by atoms with Crippen LogP contribution in [0.2, 0.25) is 0 Å². The van der Waals surface area contributed by atoms with Crippen molar-refractivity contribution in [2.75, 3.05) is 26.8 Å². The van der Waals surface area contributed by atoms with E-state index in [0.29, 0.717) is 31.7 Å². The SMILES string of the molecule is COC[C@H](C)C(=O)N1CC[C@H](c2cccc(C(F)(F)F)c2)C1. The number of carbonyl (C=O) groups is 1. The minimum absolute atomic E-state index is 0.00340. The van der Waals surface area contributed by atoms with Gasteiger partial charge in [-0.25, -0.2) is 0 Å². The summed E-state index contributed by atoms with van der Waals surface area (Å²) in [7, 11) is 1.54. The Morgan fingerprint density at radius 1 is 1.45 bits per heavy atom. The lowest BCUT2D eigenvalue weighted by atomic mass is 9.96. The Morgan fingerprint density at radius 3 is 2.82 bits per heavy atom. The Kier molecular flexibility index (Phi) is 5.11. The first-order chi connectivity index (χ1) is 10.3. The van der Waals surface area contributed by atoms with Gasteiger partial charge in [-0.2, -0.15) is 13.2 Å². The summed E-state index contributed by atoms with van der Waals surface area (Å²) in [5.41, 5.74) is 0.00653. The number of amides is 1. The summed E-state index contributed by atoms with van der Waals surface area (Å²) in [5, 5.41) is 0. The molecule has 1 heterocycles. The van der Waals surface area contributed by atoms with Crippen LogP contribution in [0.4, 0.5) is 13.2 Å². The topological polar surface area (TPSA) is 29.5 Å². The molecule has 0 aromatic heterocycles. The summed E-state index contributed by atoms with van der Waals surface area (Å²) in [6, 6.07) is 5.39. The molecule has 1 aromatic rings. The average molecular weight is 315 g/mol. The molecule has 122 valence electrons. The maximum absolute atomic E-state index is 12.8. The number of hydrogen-bond donors (Lipinski definition) is 0. The minimum Gasteiger partial charge on any atom is -0.384 e. The van der Waals surface area contributed by atoms with E-state index in [1.165, 1.54) is 12.1 Å². The number of ether oxygens (including phenoxy) is 1. The van der Waals surface area contributed by atoms with Crippen molar-refractivity contribution in [2.24, 2.45) is 5.92 Å². The van der Waals surface area contributed by atoms with E-state index in [2.05, 4.69) is 0 Å². The second kappa shape index (κ2) is 6.69. The quantitative estimate of drug-likeness (QED) is 0.853. The number of halogens is 3. The van der Waals surface area contributed by atoms with Gasteiger partial charge in [-0.1, -0.05) is 25.1 Å². The highest BCUT2D eigenvalue weighted by Crippen LogP contribution is 2.34. The van der Waals surface area contributed by atoms with Crippen LogP contribution in [0.15, 0.2) is 24.3 Å². The number of nitrogens with zero attached hydrogens (tertiary/aromatic N) is 1. The van der Waals surface area contributed by atoms with Crippen LogP contribution in [0.5, 0.6) is 0 Å². The van der Waals surface area contributed by atoms with Gasteiger partial charge < -0.3 is 9.64 Å². The minimum atomic E-state index is -4.34. The van der Waals surface area contributed by atoms with E-state index in [1.54, 1.807) is 25.0 Å². The van der Waals surface area contributed by atoms with Crippen LogP contribution in [0.25, 0.3) is 0 Å². The van der Waals surface area contributed by atoms with Gasteiger partial charge in [-0.15, -0.1) is 0 Å². The molecular weight excluding hydrogens is 295 g/mol. The number of benzene rings is 1. The van der Waals surface area contributed by atoms with E-state index in [1.807, 2.05) is 0 Å². The number of likely N-dealkylation sites (tertiary alicyclic amines) is 1. The molecule has 0 saturated carbocycles. The van der Waals surface area contributed by atoms with Gasteiger partial charge in [0.1, 0.15) is 0 Å². The van der Waals surface area contributed by atoms with Crippen LogP contribution in [-0.4, -0.2) is 37.6 Å². The largest absolute Gasteiger partial charge is 0.416 e. The van der Waals surface area contributed by atoms with Crippen LogP contribution in [0.3, 0.4) is 0 Å². The summed E-state index contributed by atoms with van der Waals surface area (Å²) in [4.78, 5) is 13.9. The van der Waals surface area contributed by atoms with Gasteiger partial charge in [0.15, 0.2) is 0 Å². The Labute approximate surface area is 128 Å². The Hall–Kier alpha value is -1.56. The van der Waals surface area contributed by atoms with Gasteiger partial charge in [0, 0.05) is 26.1 Å². The Bertz CT molecular complexity index is 530. The molecule has 22 heavy (non-hydrogen) atoms. The van der Waals surface area contributed by atoms with E-state index in [0.717, 1.165) is 6.07 Å². The van der Waals surface area contributed by atoms with Gasteiger partial charge in [-0.05, 0) is 18.1 Å². The fraction of sp³-hybridized carbons (Fsp3) is 0.562. The smallest absolute Gasteiger partial charge is 0.384 e. The molecule has 0 unspecified atom stereocenters. The first-order valence-electron chi connectivity index (χ1n) is 7.27. The van der Waals surface area contributed by atoms with Crippen molar-refractivity contribution in [3.8, 4) is 0 Å². The maximum Gasteiger partial charge on any atom is 0.416 e. The highest BCUT2D eigenvalue weighted by molar-refractivity contribution is 5.79. The Morgan fingerprint density at radius 2 is 2.18 bits per heavy atom. The van der Waals surface area contributed by atoms with E-state index >= 15 is 0 Å². The molecule has 1 amide bonds. The van der Waals surface area contributed by atoms with E-state index < -0.39 is 11.7 Å². The van der Waals surface area contributed by atoms with Crippen molar-refractivity contribution >= 4 is 5.91 Å². The maximum atomic E-state index is 12.8. The van der Waals surface area contributed by atoms with Crippen molar-refractivity contribution in [2.45, 2.75) is 25.4 Å². The van der Waals surface area contributed by atoms with Gasteiger partial charge in [0.05, 0.1) is 18.1 Å². The molecule has 1 aliphatic heterocycles. The molecule has 3 nitrogen and oxygen atoms in total. The molecule has 0 aliphatic carbocycles. The molecule has 1 aromatic carbocycles. The van der Waals surface area contributed by atoms with Gasteiger partial charge in [-0.3, -0.25) is 4.79 Å². The second-order valence-corrected chi connectivity index (χ2v) is 5.75. The first kappa shape index (κ1) is 16.8. The fourth-order valence-corrected chi connectivity index (χ4v) is 2.83. The summed E-state index contributed by atoms with van der Waals surface area (Å²) >= 11 is 0. The molecule has 0 bridgehead atoms. The highest BCUT2D eigenvalue weighted by Gasteiger charge is 2.33. The predicted octanol–water partition coefficient (Wildman–Crippen LogP) is 3.30. The fourth-order valence-electron chi connectivity index (χ4n) is 2.83. The molecule has 0 N–H and O–H groups in total. The summed E-state index contributed by atoms with van der Waals surface area (Å²) in [6.45, 7) is 3.19. The van der Waals surface area contributed by atoms with Crippen molar-refractivity contribution in [3.05, 3.63) is 35.4 Å². The number of methoxy groups -OCH3 is 1. The van der Waals surface area contributed by atoms with Crippen molar-refractivity contribution < 1.29 is 22.7 Å². The predicted molar refractivity (Wildman–Crippen MR) is 76.4 cm³/mol. The normalized spacial score (nSPS) is 20.2. The average Bonchev–Trinajstić information content (AvgIpc) is 2.95. The molecule has 0 spiro atoms. The number of rotatable bonds is 4. The van der Waals surface area contributed by atoms with Crippen molar-refractivity contribution in [3.63, 3.8) is 0 Å². The van der Waals surface area contributed by atoms with E-state index in [9.17, 15) is 18.0 Å². The zero-order valence-electron chi connectivity index (χ0n) is 12.7. The van der Waals surface area contributed by atoms with E-state index in [4.69, 9.17) is 4.74 Å². The first-order valence-corrected chi connectivity index (χ1v) is 7.27. The van der Waals surface area contributed by atoms with Gasteiger partial charge in [0.25, 0.3) is 0 Å². The number of carbonyl (C=O) groups excluding carboxylic acids is 1. The third kappa shape index (κ3) is 3.80. The number of alkyl halides is 3. The number of hydrogen-bond acceptors (Lipinski definition) is 2. The molecule has 1 saturated heterocycles. The molecular formula is C16H20F3NO2. The summed E-state index contributed by atoms with van der Waals surface area (Å²) in [5.74, 6) is -0.275. The lowest BCUT2D eigenvalue weighted by molar-refractivity contribution is -0.138. The summed E-state index contributed by atoms with van der Waals surface area (Å²) in [6.07, 6.45) is -3.65. The highest BCUT2D eigenvalue weighted by atomic mass is 19.4. The summed E-state index contributed by atoms with van der Waals surface area (Å²) < 4.78 is 43.3. The van der Waals surface area contributed by atoms with Gasteiger partial charge in [0.2, 0.25) is 5.91 Å². The third-order valence-corrected chi connectivity index (χ3v) is 4.02. The van der Waals surface area contributed by atoms with Crippen molar-refractivity contribution in [1.82, 2.24) is 4.90 Å². The molecule has 0 radical (unpaired) electrons. The van der Waals surface area contributed by atoms with Gasteiger partial charge >= 0.3 is 6.18 Å². The Balaban J connectivity index is 2.06. The van der Waals surface area contributed by atoms with E-state index in [-0.39, 0.29) is 17.7 Å². The zero-order valence-corrected chi connectivity index (χ0v) is 12.7. The lowest BCUT2D eigenvalue weighted by Crippen LogP contribution is -2.34. The molecule has 2 rings (SSSR count). The molecule has 2 atom stereocenters. The monoisotopic (exact) mass is 315 g/mol. The molecule has 1 fully saturated rings. The van der Waals surface area contributed by atoms with Crippen molar-refractivity contribution in [1.29, 1.82) is 0 Å². The molecule has 6 heteroatoms. The third-order valence-electron chi connectivity index (χ3n) is 4.02. The molecule has 1 aliphatic rings. The van der Waals surface area contributed by atoms with Crippen LogP contribution in [-0.2, 0) is 15.7 Å². The second-order valence-electron chi connectivity index (χ2n) is 5.75. The van der Waals surface area contributed by atoms with Crippen LogP contribution in [0, 0.1) is 5.92 Å². The van der Waals surface area contributed by atoms with Crippen LogP contribution < -0.4 is 0 Å². The van der Waals surface area contributed by atoms with Crippen LogP contribution >= 0.6 is 0 Å².